The predicted molar refractivity (Wildman–Crippen MR) is 80.8 cm³/mol. The maximum Gasteiger partial charge on any atom is 0.0721 e. The monoisotopic (exact) mass is 262 g/mol. The number of benzene rings is 1. The van der Waals surface area contributed by atoms with Crippen LogP contribution in [-0.2, 0) is 11.2 Å². The second kappa shape index (κ2) is 6.40. The maximum absolute atomic E-state index is 5.89. The molecule has 1 saturated heterocycles. The minimum Gasteiger partial charge on any atom is -0.377 e. The number of nitrogens with zero attached hydrogens (tertiary/aromatic N) is 1. The minimum absolute atomic E-state index is 0.219. The molecule has 1 aromatic carbocycles. The summed E-state index contributed by atoms with van der Waals surface area (Å²) in [4.78, 5) is 2.43. The van der Waals surface area contributed by atoms with Gasteiger partial charge in [0.1, 0.15) is 0 Å². The molecule has 1 heterocycles. The first-order chi connectivity index (χ1) is 9.06. The van der Waals surface area contributed by atoms with Crippen molar-refractivity contribution < 1.29 is 4.74 Å². The second-order valence-corrected chi connectivity index (χ2v) is 5.77. The van der Waals surface area contributed by atoms with Crippen molar-refractivity contribution in [2.24, 2.45) is 5.73 Å². The molecule has 19 heavy (non-hydrogen) atoms. The number of aryl methyl sites for hydroxylation is 1. The summed E-state index contributed by atoms with van der Waals surface area (Å²) in [7, 11) is 0. The Labute approximate surface area is 116 Å². The molecule has 0 aliphatic carbocycles. The van der Waals surface area contributed by atoms with E-state index in [0.29, 0.717) is 6.10 Å². The van der Waals surface area contributed by atoms with Gasteiger partial charge in [0.25, 0.3) is 0 Å². The number of hydrogen-bond donors (Lipinski definition) is 1. The minimum atomic E-state index is 0.219. The lowest BCUT2D eigenvalue weighted by atomic mass is 10.0. The van der Waals surface area contributed by atoms with E-state index in [2.05, 4.69) is 43.9 Å². The lowest BCUT2D eigenvalue weighted by Crippen LogP contribution is -2.30. The van der Waals surface area contributed by atoms with E-state index >= 15 is 0 Å². The van der Waals surface area contributed by atoms with E-state index in [1.54, 1.807) is 0 Å². The Hall–Kier alpha value is -1.06. The highest BCUT2D eigenvalue weighted by atomic mass is 16.5. The van der Waals surface area contributed by atoms with Crippen LogP contribution in [0.1, 0.15) is 31.4 Å². The van der Waals surface area contributed by atoms with Crippen molar-refractivity contribution in [1.29, 1.82) is 0 Å². The van der Waals surface area contributed by atoms with Crippen LogP contribution in [0, 0.1) is 6.92 Å². The first kappa shape index (κ1) is 14.4. The number of anilines is 1. The van der Waals surface area contributed by atoms with Crippen molar-refractivity contribution in [3.63, 3.8) is 0 Å². The molecule has 1 fully saturated rings. The fourth-order valence-electron chi connectivity index (χ4n) is 2.68. The number of hydrogen-bond acceptors (Lipinski definition) is 3. The summed E-state index contributed by atoms with van der Waals surface area (Å²) < 4.78 is 5.70. The zero-order chi connectivity index (χ0) is 13.8. The van der Waals surface area contributed by atoms with Crippen LogP contribution < -0.4 is 10.6 Å². The fraction of sp³-hybridized carbons (Fsp3) is 0.625. The molecule has 0 spiro atoms. The van der Waals surface area contributed by atoms with Gasteiger partial charge in [-0.1, -0.05) is 6.07 Å². The molecule has 0 saturated carbocycles. The Morgan fingerprint density at radius 3 is 2.95 bits per heavy atom. The van der Waals surface area contributed by atoms with Gasteiger partial charge in [-0.3, -0.25) is 0 Å². The third-order valence-electron chi connectivity index (χ3n) is 3.69. The zero-order valence-corrected chi connectivity index (χ0v) is 12.4. The van der Waals surface area contributed by atoms with Gasteiger partial charge in [-0.25, -0.2) is 0 Å². The molecule has 2 atom stereocenters. The van der Waals surface area contributed by atoms with Crippen LogP contribution in [0.4, 0.5) is 5.69 Å². The van der Waals surface area contributed by atoms with E-state index in [-0.39, 0.29) is 6.04 Å². The molecule has 2 unspecified atom stereocenters. The highest BCUT2D eigenvalue weighted by molar-refractivity contribution is 5.51. The number of rotatable bonds is 3. The van der Waals surface area contributed by atoms with E-state index in [1.165, 1.54) is 16.8 Å². The first-order valence-corrected chi connectivity index (χ1v) is 7.28. The van der Waals surface area contributed by atoms with Crippen LogP contribution in [-0.4, -0.2) is 31.8 Å². The molecular weight excluding hydrogens is 236 g/mol. The predicted octanol–water partition coefficient (Wildman–Crippen LogP) is 2.50. The molecule has 106 valence electrons. The molecule has 0 bridgehead atoms. The zero-order valence-electron chi connectivity index (χ0n) is 12.4. The van der Waals surface area contributed by atoms with E-state index < -0.39 is 0 Å². The summed E-state index contributed by atoms with van der Waals surface area (Å²) in [6.45, 7) is 9.32. The van der Waals surface area contributed by atoms with Gasteiger partial charge in [0.15, 0.2) is 0 Å². The highest BCUT2D eigenvalue weighted by Gasteiger charge is 2.16. The molecule has 1 aromatic rings. The number of nitrogens with two attached hydrogens (primary N) is 1. The fourth-order valence-corrected chi connectivity index (χ4v) is 2.68. The topological polar surface area (TPSA) is 38.5 Å². The van der Waals surface area contributed by atoms with Gasteiger partial charge in [-0.2, -0.15) is 0 Å². The van der Waals surface area contributed by atoms with Crippen molar-refractivity contribution in [3.05, 3.63) is 29.3 Å². The van der Waals surface area contributed by atoms with Crippen molar-refractivity contribution in [3.8, 4) is 0 Å². The summed E-state index contributed by atoms with van der Waals surface area (Å²) >= 11 is 0. The molecule has 1 aliphatic heterocycles. The van der Waals surface area contributed by atoms with Gasteiger partial charge in [-0.05, 0) is 56.9 Å². The summed E-state index contributed by atoms with van der Waals surface area (Å²) in [5, 5.41) is 0. The molecule has 0 aromatic heterocycles. The summed E-state index contributed by atoms with van der Waals surface area (Å²) in [5.41, 5.74) is 9.89. The molecule has 0 radical (unpaired) electrons. The maximum atomic E-state index is 5.89. The van der Waals surface area contributed by atoms with Crippen LogP contribution in [0.5, 0.6) is 0 Å². The second-order valence-electron chi connectivity index (χ2n) is 5.77. The van der Waals surface area contributed by atoms with Gasteiger partial charge < -0.3 is 15.4 Å². The van der Waals surface area contributed by atoms with Crippen LogP contribution in [0.3, 0.4) is 0 Å². The first-order valence-electron chi connectivity index (χ1n) is 7.28. The average Bonchev–Trinajstić information content (AvgIpc) is 2.56. The van der Waals surface area contributed by atoms with Crippen LogP contribution in [0.25, 0.3) is 0 Å². The Morgan fingerprint density at radius 1 is 1.47 bits per heavy atom. The average molecular weight is 262 g/mol. The lowest BCUT2D eigenvalue weighted by Gasteiger charge is -2.25. The van der Waals surface area contributed by atoms with Crippen molar-refractivity contribution in [1.82, 2.24) is 0 Å². The summed E-state index contributed by atoms with van der Waals surface area (Å²) in [6.07, 6.45) is 2.36. The van der Waals surface area contributed by atoms with Gasteiger partial charge in [0, 0.05) is 31.4 Å². The SMILES string of the molecule is Cc1cc(N2CCCOC(C)C2)ccc1CC(C)N. The molecule has 2 rings (SSSR count). The quantitative estimate of drug-likeness (QED) is 0.909. The van der Waals surface area contributed by atoms with Gasteiger partial charge >= 0.3 is 0 Å². The van der Waals surface area contributed by atoms with Crippen LogP contribution in [0.2, 0.25) is 0 Å². The van der Waals surface area contributed by atoms with Crippen LogP contribution in [0.15, 0.2) is 18.2 Å². The highest BCUT2D eigenvalue weighted by Crippen LogP contribution is 2.22. The van der Waals surface area contributed by atoms with Gasteiger partial charge in [0.05, 0.1) is 6.10 Å². The van der Waals surface area contributed by atoms with Crippen LogP contribution >= 0.6 is 0 Å². The van der Waals surface area contributed by atoms with Crippen molar-refractivity contribution in [2.75, 3.05) is 24.6 Å². The van der Waals surface area contributed by atoms with Crippen molar-refractivity contribution in [2.45, 2.75) is 45.8 Å². The Balaban J connectivity index is 2.14. The van der Waals surface area contributed by atoms with E-state index in [0.717, 1.165) is 32.5 Å². The normalized spacial score (nSPS) is 22.1. The third kappa shape index (κ3) is 3.95. The standard InChI is InChI=1S/C16H26N2O/c1-12-9-16(6-5-15(12)10-13(2)17)18-7-4-8-19-14(3)11-18/h5-6,9,13-14H,4,7-8,10-11,17H2,1-3H3. The Bertz CT molecular complexity index is 417. The summed E-state index contributed by atoms with van der Waals surface area (Å²) in [6, 6.07) is 6.96. The largest absolute Gasteiger partial charge is 0.377 e. The smallest absolute Gasteiger partial charge is 0.0721 e. The molecule has 3 nitrogen and oxygen atoms in total. The molecular formula is C16H26N2O. The van der Waals surface area contributed by atoms with Gasteiger partial charge in [-0.15, -0.1) is 0 Å². The Kier molecular flexibility index (Phi) is 4.83. The lowest BCUT2D eigenvalue weighted by molar-refractivity contribution is 0.0821. The molecule has 1 aliphatic rings. The van der Waals surface area contributed by atoms with Gasteiger partial charge in [0.2, 0.25) is 0 Å². The molecule has 3 heteroatoms. The third-order valence-corrected chi connectivity index (χ3v) is 3.69. The molecule has 0 amide bonds. The van der Waals surface area contributed by atoms with E-state index in [4.69, 9.17) is 10.5 Å². The molecule has 2 N–H and O–H groups in total. The summed E-state index contributed by atoms with van der Waals surface area (Å²) in [5.74, 6) is 0. The van der Waals surface area contributed by atoms with Crippen molar-refractivity contribution >= 4 is 5.69 Å². The van der Waals surface area contributed by atoms with E-state index in [1.807, 2.05) is 0 Å². The Morgan fingerprint density at radius 2 is 2.26 bits per heavy atom. The van der Waals surface area contributed by atoms with E-state index in [9.17, 15) is 0 Å². The number of ether oxygens (including phenoxy) is 1.